The van der Waals surface area contributed by atoms with Gasteiger partial charge in [0.2, 0.25) is 5.91 Å². The second-order valence-electron chi connectivity index (χ2n) is 9.85. The van der Waals surface area contributed by atoms with Gasteiger partial charge in [0.1, 0.15) is 6.10 Å². The van der Waals surface area contributed by atoms with Crippen molar-refractivity contribution in [2.75, 3.05) is 0 Å². The molecule has 31 heavy (non-hydrogen) atoms. The fraction of sp³-hybridized carbons (Fsp3) is 0.545. The quantitative estimate of drug-likeness (QED) is 0.412. The zero-order chi connectivity index (χ0) is 23.1. The van der Waals surface area contributed by atoms with Crippen LogP contribution in [0.3, 0.4) is 0 Å². The van der Waals surface area contributed by atoms with Crippen LogP contribution in [-0.4, -0.2) is 49.0 Å². The summed E-state index contributed by atoms with van der Waals surface area (Å²) in [6.07, 6.45) is 0.0699. The molecule has 1 aliphatic carbocycles. The van der Waals surface area contributed by atoms with E-state index in [1.165, 1.54) is 4.90 Å². The number of carbonyl (C=O) groups is 4. The highest BCUT2D eigenvalue weighted by Gasteiger charge is 2.47. The highest BCUT2D eigenvalue weighted by molar-refractivity contribution is 6.74. The van der Waals surface area contributed by atoms with E-state index in [2.05, 4.69) is 44.7 Å². The predicted octanol–water partition coefficient (Wildman–Crippen LogP) is 2.62. The van der Waals surface area contributed by atoms with Crippen molar-refractivity contribution in [1.82, 2.24) is 15.8 Å². The lowest BCUT2D eigenvalue weighted by atomic mass is 9.79. The first-order valence-corrected chi connectivity index (χ1v) is 13.5. The largest absolute Gasteiger partial charge is 0.405 e. The highest BCUT2D eigenvalue weighted by Crippen LogP contribution is 2.38. The average Bonchev–Trinajstić information content (AvgIpc) is 2.89. The van der Waals surface area contributed by atoms with Gasteiger partial charge in [-0.25, -0.2) is 0 Å². The van der Waals surface area contributed by atoms with E-state index >= 15 is 0 Å². The molecule has 1 aromatic carbocycles. The van der Waals surface area contributed by atoms with Crippen molar-refractivity contribution in [2.24, 2.45) is 5.92 Å². The molecule has 1 aliphatic heterocycles. The van der Waals surface area contributed by atoms with Crippen LogP contribution in [0, 0.1) is 5.92 Å². The first-order valence-electron chi connectivity index (χ1n) is 10.6. The highest BCUT2D eigenvalue weighted by atomic mass is 28.4. The number of amides is 4. The molecule has 4 amide bonds. The number of hydrogen-bond acceptors (Lipinski definition) is 5. The number of hydrazine groups is 1. The molecule has 0 bridgehead atoms. The lowest BCUT2D eigenvalue weighted by Crippen LogP contribution is -2.56. The Morgan fingerprint density at radius 2 is 1.58 bits per heavy atom. The van der Waals surface area contributed by atoms with Crippen molar-refractivity contribution in [3.05, 3.63) is 35.4 Å². The van der Waals surface area contributed by atoms with Crippen molar-refractivity contribution in [1.29, 1.82) is 0 Å². The van der Waals surface area contributed by atoms with E-state index in [-0.39, 0.29) is 34.7 Å². The van der Waals surface area contributed by atoms with Crippen LogP contribution in [0.4, 0.5) is 0 Å². The maximum Gasteiger partial charge on any atom is 0.265 e. The predicted molar refractivity (Wildman–Crippen MR) is 117 cm³/mol. The number of nitrogens with zero attached hydrogens (tertiary/aromatic N) is 1. The molecule has 3 rings (SSSR count). The van der Waals surface area contributed by atoms with E-state index in [4.69, 9.17) is 4.43 Å². The second kappa shape index (κ2) is 8.20. The summed E-state index contributed by atoms with van der Waals surface area (Å²) in [6.45, 7) is 12.1. The van der Waals surface area contributed by atoms with Crippen LogP contribution in [0.1, 0.15) is 61.3 Å². The number of carbonyl (C=O) groups excluding carboxylic acids is 4. The topological polar surface area (TPSA) is 105 Å². The molecule has 0 saturated heterocycles. The van der Waals surface area contributed by atoms with Crippen LogP contribution in [0.15, 0.2) is 24.3 Å². The molecule has 1 aromatic rings. The maximum absolute atomic E-state index is 12.5. The Bertz CT molecular complexity index is 883. The monoisotopic (exact) mass is 445 g/mol. The minimum absolute atomic E-state index is 0.0319. The molecule has 2 N–H and O–H groups in total. The van der Waals surface area contributed by atoms with Gasteiger partial charge in [-0.1, -0.05) is 32.9 Å². The summed E-state index contributed by atoms with van der Waals surface area (Å²) >= 11 is 0. The van der Waals surface area contributed by atoms with Crippen LogP contribution in [0.5, 0.6) is 0 Å². The summed E-state index contributed by atoms with van der Waals surface area (Å²) < 4.78 is 6.03. The molecule has 168 valence electrons. The Morgan fingerprint density at radius 1 is 1.06 bits per heavy atom. The molecule has 2 aliphatic rings. The summed E-state index contributed by atoms with van der Waals surface area (Å²) in [4.78, 5) is 51.0. The first kappa shape index (κ1) is 23.1. The first-order chi connectivity index (χ1) is 14.3. The Labute approximate surface area is 183 Å². The summed E-state index contributed by atoms with van der Waals surface area (Å²) in [7, 11) is -2.11. The van der Waals surface area contributed by atoms with Crippen LogP contribution in [0.25, 0.3) is 0 Å². The Hall–Kier alpha value is -2.52. The van der Waals surface area contributed by atoms with Gasteiger partial charge in [-0.05, 0) is 50.0 Å². The van der Waals surface area contributed by atoms with Crippen molar-refractivity contribution in [2.45, 2.75) is 70.8 Å². The van der Waals surface area contributed by atoms with Gasteiger partial charge >= 0.3 is 0 Å². The fourth-order valence-electron chi connectivity index (χ4n) is 3.55. The molecule has 0 spiro atoms. The van der Waals surface area contributed by atoms with Gasteiger partial charge in [0, 0.05) is 12.0 Å². The van der Waals surface area contributed by atoms with Crippen molar-refractivity contribution in [3.8, 4) is 0 Å². The molecule has 8 nitrogen and oxygen atoms in total. The van der Waals surface area contributed by atoms with E-state index in [1.54, 1.807) is 31.2 Å². The lowest BCUT2D eigenvalue weighted by Gasteiger charge is -2.39. The third-order valence-electron chi connectivity index (χ3n) is 6.63. The van der Waals surface area contributed by atoms with Gasteiger partial charge in [0.05, 0.1) is 11.1 Å². The Kier molecular flexibility index (Phi) is 6.12. The molecule has 1 atom stereocenters. The lowest BCUT2D eigenvalue weighted by molar-refractivity contribution is -0.136. The summed E-state index contributed by atoms with van der Waals surface area (Å²) in [5.41, 5.74) is 5.69. The van der Waals surface area contributed by atoms with Crippen molar-refractivity contribution < 1.29 is 23.6 Å². The number of nitrogens with one attached hydrogen (secondary N) is 2. The summed E-state index contributed by atoms with van der Waals surface area (Å²) in [5.74, 6) is -1.73. The van der Waals surface area contributed by atoms with Crippen molar-refractivity contribution >= 4 is 31.9 Å². The van der Waals surface area contributed by atoms with Gasteiger partial charge in [-0.3, -0.25) is 34.9 Å². The van der Waals surface area contributed by atoms with Gasteiger partial charge in [0.25, 0.3) is 17.7 Å². The molecule has 9 heteroatoms. The van der Waals surface area contributed by atoms with Crippen molar-refractivity contribution in [3.63, 3.8) is 0 Å². The standard InChI is InChI=1S/C22H31N3O5Si/c1-13(30-31(5,6)22(2,3)4)18(26)23-24-19(27)14-11-15(12-14)25-20(28)16-9-7-8-10-17(16)21(25)29/h7-10,13-15H,11-12H2,1-6H3,(H,23,26)(H,24,27)/t13?,14-,15-. The van der Waals surface area contributed by atoms with Gasteiger partial charge in [-0.2, -0.15) is 0 Å². The molecule has 0 aromatic heterocycles. The summed E-state index contributed by atoms with van der Waals surface area (Å²) in [5, 5.41) is -0.0319. The van der Waals surface area contributed by atoms with E-state index < -0.39 is 20.3 Å². The third kappa shape index (κ3) is 4.43. The van der Waals surface area contributed by atoms with Crippen LogP contribution < -0.4 is 10.9 Å². The number of fused-ring (bicyclic) bond motifs is 1. The minimum atomic E-state index is -2.11. The molecule has 1 fully saturated rings. The molecule has 1 unspecified atom stereocenters. The van der Waals surface area contributed by atoms with Crippen LogP contribution in [0.2, 0.25) is 18.1 Å². The number of rotatable bonds is 5. The van der Waals surface area contributed by atoms with E-state index in [1.807, 2.05) is 0 Å². The molecular weight excluding hydrogens is 414 g/mol. The summed E-state index contributed by atoms with van der Waals surface area (Å²) in [6, 6.07) is 6.42. The Morgan fingerprint density at radius 3 is 2.06 bits per heavy atom. The number of imide groups is 1. The second-order valence-corrected chi connectivity index (χ2v) is 14.6. The van der Waals surface area contributed by atoms with Gasteiger partial charge < -0.3 is 4.43 Å². The van der Waals surface area contributed by atoms with E-state index in [0.717, 1.165) is 0 Å². The average molecular weight is 446 g/mol. The fourth-order valence-corrected chi connectivity index (χ4v) is 4.90. The Balaban J connectivity index is 1.47. The minimum Gasteiger partial charge on any atom is -0.405 e. The van der Waals surface area contributed by atoms with Gasteiger partial charge in [0.15, 0.2) is 8.32 Å². The van der Waals surface area contributed by atoms with Crippen LogP contribution >= 0.6 is 0 Å². The number of hydrogen-bond donors (Lipinski definition) is 2. The molecule has 1 saturated carbocycles. The third-order valence-corrected chi connectivity index (χ3v) is 11.2. The van der Waals surface area contributed by atoms with E-state index in [0.29, 0.717) is 24.0 Å². The normalized spacial score (nSPS) is 21.9. The smallest absolute Gasteiger partial charge is 0.265 e. The number of benzene rings is 1. The molecule has 1 heterocycles. The zero-order valence-corrected chi connectivity index (χ0v) is 19.9. The maximum atomic E-state index is 12.5. The molecule has 0 radical (unpaired) electrons. The van der Waals surface area contributed by atoms with Gasteiger partial charge in [-0.15, -0.1) is 0 Å². The van der Waals surface area contributed by atoms with E-state index in [9.17, 15) is 19.2 Å². The molecular formula is C22H31N3O5Si. The SMILES string of the molecule is CC(O[Si](C)(C)C(C)(C)C)C(=O)NNC(=O)[C@H]1C[C@H](N2C(=O)c3ccccc3C2=O)C1. The van der Waals surface area contributed by atoms with Crippen LogP contribution in [-0.2, 0) is 14.0 Å². The zero-order valence-electron chi connectivity index (χ0n) is 18.9.